The molecule has 1 aliphatic heterocycles. The lowest BCUT2D eigenvalue weighted by Gasteiger charge is -2.36. The Balaban J connectivity index is 1.53. The molecule has 0 saturated carbocycles. The van der Waals surface area contributed by atoms with Gasteiger partial charge >= 0.3 is 0 Å². The molecular formula is C48H86N4O2. The summed E-state index contributed by atoms with van der Waals surface area (Å²) in [5.41, 5.74) is 0. The molecule has 1 unspecified atom stereocenters. The Bertz CT molecular complexity index is 1010. The molecule has 0 amide bonds. The number of nitrogens with zero attached hydrogens (tertiary/aromatic N) is 3. The molecule has 0 radical (unpaired) electrons. The summed E-state index contributed by atoms with van der Waals surface area (Å²) in [6.45, 7) is 13.5. The maximum atomic E-state index is 6.50. The summed E-state index contributed by atoms with van der Waals surface area (Å²) in [7, 11) is 0. The van der Waals surface area contributed by atoms with Crippen LogP contribution in [0.25, 0.3) is 0 Å². The smallest absolute Gasteiger partial charge is 0.107 e. The minimum Gasteiger partial charge on any atom is -0.379 e. The van der Waals surface area contributed by atoms with E-state index >= 15 is 0 Å². The molecule has 1 aromatic rings. The number of hydrogen-bond donors (Lipinski definition) is 1. The molecular weight excluding hydrogens is 665 g/mol. The summed E-state index contributed by atoms with van der Waals surface area (Å²) >= 11 is 0. The Hall–Kier alpha value is -1.99. The van der Waals surface area contributed by atoms with E-state index in [9.17, 15) is 0 Å². The molecule has 0 aliphatic carbocycles. The maximum Gasteiger partial charge on any atom is 0.107 e. The Morgan fingerprint density at radius 3 is 1.59 bits per heavy atom. The molecule has 0 spiro atoms. The fourth-order valence-electron chi connectivity index (χ4n) is 7.08. The van der Waals surface area contributed by atoms with Crippen molar-refractivity contribution in [3.63, 3.8) is 0 Å². The number of H-pyrrole nitrogens is 1. The Kier molecular flexibility index (Phi) is 33.8. The molecule has 1 fully saturated rings. The monoisotopic (exact) mass is 751 g/mol. The molecule has 1 aromatic heterocycles. The lowest BCUT2D eigenvalue weighted by atomic mass is 10.1. The Morgan fingerprint density at radius 2 is 1.07 bits per heavy atom. The van der Waals surface area contributed by atoms with Gasteiger partial charge < -0.3 is 19.4 Å². The van der Waals surface area contributed by atoms with E-state index in [1.54, 1.807) is 0 Å². The SMILES string of the molecule is CCCCC/C=C\C/C=C\CCCCCCCCOCC(CN1CCN(CCc2ncc[nH]2)CC1)OCCCCCCCC/C=C\C/C=C\CCCCC. The topological polar surface area (TPSA) is 53.6 Å². The quantitative estimate of drug-likeness (QED) is 0.0539. The number of allylic oxidation sites excluding steroid dienone is 8. The molecule has 6 nitrogen and oxygen atoms in total. The zero-order chi connectivity index (χ0) is 38.3. The summed E-state index contributed by atoms with van der Waals surface area (Å²) in [4.78, 5) is 12.8. The highest BCUT2D eigenvalue weighted by molar-refractivity contribution is 4.94. The van der Waals surface area contributed by atoms with E-state index in [0.29, 0.717) is 0 Å². The molecule has 2 rings (SSSR count). The van der Waals surface area contributed by atoms with Gasteiger partial charge in [0.25, 0.3) is 0 Å². The number of hydrogen-bond acceptors (Lipinski definition) is 5. The van der Waals surface area contributed by atoms with Crippen molar-refractivity contribution in [2.24, 2.45) is 0 Å². The van der Waals surface area contributed by atoms with Crippen LogP contribution in [0.3, 0.4) is 0 Å². The number of aromatic nitrogens is 2. The highest BCUT2D eigenvalue weighted by atomic mass is 16.5. The fraction of sp³-hybridized carbons (Fsp3) is 0.771. The third-order valence-corrected chi connectivity index (χ3v) is 10.6. The van der Waals surface area contributed by atoms with Crippen LogP contribution in [0.15, 0.2) is 61.0 Å². The molecule has 1 saturated heterocycles. The largest absolute Gasteiger partial charge is 0.379 e. The summed E-state index contributed by atoms with van der Waals surface area (Å²) in [5, 5.41) is 0. The number of piperazine rings is 1. The van der Waals surface area contributed by atoms with Gasteiger partial charge in [-0.2, -0.15) is 0 Å². The summed E-state index contributed by atoms with van der Waals surface area (Å²) in [6, 6.07) is 0. The van der Waals surface area contributed by atoms with Gasteiger partial charge in [-0.05, 0) is 77.0 Å². The number of imidazole rings is 1. The molecule has 2 heterocycles. The predicted octanol–water partition coefficient (Wildman–Crippen LogP) is 12.6. The second kappa shape index (κ2) is 37.9. The van der Waals surface area contributed by atoms with Gasteiger partial charge in [-0.3, -0.25) is 4.90 Å². The first-order valence-electron chi connectivity index (χ1n) is 23.0. The van der Waals surface area contributed by atoms with Gasteiger partial charge in [-0.15, -0.1) is 0 Å². The van der Waals surface area contributed by atoms with Crippen LogP contribution < -0.4 is 0 Å². The summed E-state index contributed by atoms with van der Waals surface area (Å²) in [5.74, 6) is 1.09. The molecule has 1 N–H and O–H groups in total. The highest BCUT2D eigenvalue weighted by Crippen LogP contribution is 2.12. The van der Waals surface area contributed by atoms with Gasteiger partial charge in [0.15, 0.2) is 0 Å². The first kappa shape index (κ1) is 48.2. The second-order valence-corrected chi connectivity index (χ2v) is 15.7. The zero-order valence-corrected chi connectivity index (χ0v) is 35.6. The first-order chi connectivity index (χ1) is 26.8. The zero-order valence-electron chi connectivity index (χ0n) is 35.6. The molecule has 6 heteroatoms. The lowest BCUT2D eigenvalue weighted by Crippen LogP contribution is -2.49. The van der Waals surface area contributed by atoms with Crippen molar-refractivity contribution in [1.82, 2.24) is 19.8 Å². The number of nitrogens with one attached hydrogen (secondary N) is 1. The normalized spacial score (nSPS) is 15.3. The number of unbranched alkanes of at least 4 members (excludes halogenated alkanes) is 18. The Morgan fingerprint density at radius 1 is 0.593 bits per heavy atom. The summed E-state index contributed by atoms with van der Waals surface area (Å²) in [6.07, 6.45) is 54.4. The van der Waals surface area contributed by atoms with Crippen molar-refractivity contribution in [3.8, 4) is 0 Å². The molecule has 0 bridgehead atoms. The third-order valence-electron chi connectivity index (χ3n) is 10.6. The first-order valence-corrected chi connectivity index (χ1v) is 23.0. The van der Waals surface area contributed by atoms with E-state index in [-0.39, 0.29) is 6.10 Å². The molecule has 1 aliphatic rings. The number of rotatable bonds is 38. The predicted molar refractivity (Wildman–Crippen MR) is 234 cm³/mol. The van der Waals surface area contributed by atoms with Crippen LogP contribution in [0.2, 0.25) is 0 Å². The standard InChI is InChI=1S/C48H86N4O2/c1-3-5-7-9-11-13-15-17-19-21-23-25-27-29-31-33-43-53-46-47(45-52-41-39-51(40-42-52)38-35-48-49-36-37-50-48)54-44-34-32-30-28-26-24-22-20-18-16-14-12-10-8-6-4-2/h11-14,17-20,36-37,47H,3-10,15-16,21-35,38-46H2,1-2H3,(H,49,50)/b13-11-,14-12-,19-17-,20-18-. The molecule has 310 valence electrons. The van der Waals surface area contributed by atoms with Gasteiger partial charge in [0.05, 0.1) is 12.7 Å². The van der Waals surface area contributed by atoms with E-state index in [0.717, 1.165) is 97.0 Å². The molecule has 1 atom stereocenters. The van der Waals surface area contributed by atoms with Crippen molar-refractivity contribution in [2.75, 3.05) is 59.1 Å². The molecule has 54 heavy (non-hydrogen) atoms. The van der Waals surface area contributed by atoms with E-state index in [1.807, 2.05) is 12.4 Å². The fourth-order valence-corrected chi connectivity index (χ4v) is 7.08. The van der Waals surface area contributed by atoms with Crippen molar-refractivity contribution in [2.45, 2.75) is 180 Å². The average molecular weight is 751 g/mol. The van der Waals surface area contributed by atoms with Crippen LogP contribution in [0.5, 0.6) is 0 Å². The lowest BCUT2D eigenvalue weighted by molar-refractivity contribution is -0.0396. The van der Waals surface area contributed by atoms with Crippen molar-refractivity contribution < 1.29 is 9.47 Å². The summed E-state index contributed by atoms with van der Waals surface area (Å²) < 4.78 is 12.7. The van der Waals surface area contributed by atoms with E-state index in [1.165, 1.54) is 128 Å². The van der Waals surface area contributed by atoms with Crippen LogP contribution in [-0.4, -0.2) is 85.0 Å². The Labute approximate surface area is 334 Å². The average Bonchev–Trinajstić information content (AvgIpc) is 3.72. The molecule has 0 aromatic carbocycles. The van der Waals surface area contributed by atoms with Gasteiger partial charge in [0.1, 0.15) is 5.82 Å². The van der Waals surface area contributed by atoms with E-state index < -0.39 is 0 Å². The van der Waals surface area contributed by atoms with Gasteiger partial charge in [0.2, 0.25) is 0 Å². The van der Waals surface area contributed by atoms with Gasteiger partial charge in [-0.1, -0.05) is 140 Å². The van der Waals surface area contributed by atoms with Gasteiger partial charge in [0, 0.05) is 71.3 Å². The third kappa shape index (κ3) is 30.3. The van der Waals surface area contributed by atoms with Crippen LogP contribution in [-0.2, 0) is 15.9 Å². The second-order valence-electron chi connectivity index (χ2n) is 15.7. The van der Waals surface area contributed by atoms with Gasteiger partial charge in [-0.25, -0.2) is 4.98 Å². The minimum atomic E-state index is 0.169. The van der Waals surface area contributed by atoms with Crippen LogP contribution in [0.4, 0.5) is 0 Å². The van der Waals surface area contributed by atoms with E-state index in [2.05, 4.69) is 82.2 Å². The highest BCUT2D eigenvalue weighted by Gasteiger charge is 2.21. The number of ether oxygens (including phenoxy) is 2. The van der Waals surface area contributed by atoms with Crippen molar-refractivity contribution >= 4 is 0 Å². The minimum absolute atomic E-state index is 0.169. The van der Waals surface area contributed by atoms with Crippen LogP contribution >= 0.6 is 0 Å². The van der Waals surface area contributed by atoms with Crippen molar-refractivity contribution in [1.29, 1.82) is 0 Å². The number of aromatic amines is 1. The van der Waals surface area contributed by atoms with Crippen molar-refractivity contribution in [3.05, 3.63) is 66.8 Å². The maximum absolute atomic E-state index is 6.50. The van der Waals surface area contributed by atoms with Crippen LogP contribution in [0, 0.1) is 0 Å². The van der Waals surface area contributed by atoms with Crippen LogP contribution in [0.1, 0.15) is 174 Å². The van der Waals surface area contributed by atoms with E-state index in [4.69, 9.17) is 9.47 Å².